The smallest absolute Gasteiger partial charge is 0.342 e. The molecule has 0 radical (unpaired) electrons. The Labute approximate surface area is 148 Å². The zero-order valence-corrected chi connectivity index (χ0v) is 14.1. The number of hydrogen-bond acceptors (Lipinski definition) is 6. The Morgan fingerprint density at radius 3 is 2.50 bits per heavy atom. The predicted octanol–water partition coefficient (Wildman–Crippen LogP) is 3.35. The molecule has 0 aliphatic heterocycles. The van der Waals surface area contributed by atoms with Gasteiger partial charge in [-0.1, -0.05) is 6.07 Å². The molecule has 0 aliphatic rings. The maximum Gasteiger partial charge on any atom is 0.342 e. The van der Waals surface area contributed by atoms with E-state index >= 15 is 0 Å². The normalized spacial score (nSPS) is 10.4. The van der Waals surface area contributed by atoms with Gasteiger partial charge >= 0.3 is 11.9 Å². The van der Waals surface area contributed by atoms with Crippen LogP contribution in [0.15, 0.2) is 42.6 Å². The van der Waals surface area contributed by atoms with Crippen molar-refractivity contribution < 1.29 is 28.6 Å². The summed E-state index contributed by atoms with van der Waals surface area (Å²) in [6.07, 6.45) is 2.15. The third kappa shape index (κ3) is 3.02. The van der Waals surface area contributed by atoms with Crippen LogP contribution in [0.4, 0.5) is 0 Å². The van der Waals surface area contributed by atoms with Gasteiger partial charge in [0.05, 0.1) is 19.8 Å². The van der Waals surface area contributed by atoms with E-state index in [2.05, 4.69) is 9.72 Å². The highest BCUT2D eigenvalue weighted by Gasteiger charge is 2.21. The molecule has 0 bridgehead atoms. The molecular formula is C19H15NO6. The van der Waals surface area contributed by atoms with Gasteiger partial charge in [-0.2, -0.15) is 0 Å². The van der Waals surface area contributed by atoms with E-state index in [-0.39, 0.29) is 11.3 Å². The summed E-state index contributed by atoms with van der Waals surface area (Å²) in [5.74, 6) is -0.611. The zero-order chi connectivity index (χ0) is 18.7. The van der Waals surface area contributed by atoms with Gasteiger partial charge in [0.2, 0.25) is 0 Å². The molecule has 0 amide bonds. The summed E-state index contributed by atoms with van der Waals surface area (Å²) in [5, 5.41) is 0.411. The highest BCUT2D eigenvalue weighted by molar-refractivity contribution is 6.12. The van der Waals surface area contributed by atoms with Crippen LogP contribution in [-0.2, 0) is 9.47 Å². The minimum absolute atomic E-state index is 0.122. The molecule has 0 unspecified atom stereocenters. The summed E-state index contributed by atoms with van der Waals surface area (Å²) in [4.78, 5) is 38.2. The number of methoxy groups -OCH3 is 2. The van der Waals surface area contributed by atoms with E-state index in [1.165, 1.54) is 26.5 Å². The third-order valence-corrected chi connectivity index (χ3v) is 3.84. The molecule has 0 spiro atoms. The minimum atomic E-state index is -0.641. The minimum Gasteiger partial charge on any atom is -0.465 e. The van der Waals surface area contributed by atoms with Crippen LogP contribution in [-0.4, -0.2) is 37.4 Å². The van der Waals surface area contributed by atoms with Crippen molar-refractivity contribution in [2.24, 2.45) is 0 Å². The Balaban J connectivity index is 2.12. The molecule has 132 valence electrons. The van der Waals surface area contributed by atoms with Crippen molar-refractivity contribution in [3.8, 4) is 11.5 Å². The number of esters is 2. The van der Waals surface area contributed by atoms with Gasteiger partial charge in [-0.3, -0.25) is 4.79 Å². The molecule has 26 heavy (non-hydrogen) atoms. The molecular weight excluding hydrogens is 338 g/mol. The van der Waals surface area contributed by atoms with Gasteiger partial charge in [0, 0.05) is 22.7 Å². The second kappa shape index (κ2) is 7.10. The number of fused-ring (bicyclic) bond motifs is 1. The first-order chi connectivity index (χ1) is 12.6. The van der Waals surface area contributed by atoms with Crippen LogP contribution < -0.4 is 4.74 Å². The average Bonchev–Trinajstić information content (AvgIpc) is 3.10. The molecule has 7 heteroatoms. The number of hydrogen-bond donors (Lipinski definition) is 1. The third-order valence-electron chi connectivity index (χ3n) is 3.84. The standard InChI is InChI=1S/C19H15NO6/c1-24-18(22)11-4-3-5-13(8-11)26-15-7-6-14-16(12(10-21)9-20-14)17(15)19(23)25-2/h3-10,20H,1-2H3. The SMILES string of the molecule is COC(=O)c1cccc(Oc2ccc3[nH]cc(C=O)c3c2C(=O)OC)c1. The number of rotatable bonds is 5. The first kappa shape index (κ1) is 17.2. The van der Waals surface area contributed by atoms with Gasteiger partial charge in [-0.05, 0) is 30.3 Å². The number of H-pyrrole nitrogens is 1. The topological polar surface area (TPSA) is 94.7 Å². The van der Waals surface area contributed by atoms with Crippen LogP contribution >= 0.6 is 0 Å². The van der Waals surface area contributed by atoms with Crippen molar-refractivity contribution in [3.05, 3.63) is 59.3 Å². The maximum absolute atomic E-state index is 12.3. The lowest BCUT2D eigenvalue weighted by Crippen LogP contribution is -2.06. The number of carbonyl (C=O) groups excluding carboxylic acids is 3. The van der Waals surface area contributed by atoms with Gasteiger partial charge in [0.15, 0.2) is 6.29 Å². The van der Waals surface area contributed by atoms with Gasteiger partial charge < -0.3 is 19.2 Å². The molecule has 3 aromatic rings. The highest BCUT2D eigenvalue weighted by Crippen LogP contribution is 2.33. The van der Waals surface area contributed by atoms with E-state index in [0.29, 0.717) is 34.1 Å². The average molecular weight is 353 g/mol. The summed E-state index contributed by atoms with van der Waals surface area (Å²) in [6.45, 7) is 0. The lowest BCUT2D eigenvalue weighted by molar-refractivity contribution is 0.0590. The number of ether oxygens (including phenoxy) is 3. The quantitative estimate of drug-likeness (QED) is 0.558. The van der Waals surface area contributed by atoms with E-state index < -0.39 is 11.9 Å². The Hall–Kier alpha value is -3.61. The van der Waals surface area contributed by atoms with Gasteiger partial charge in [0.1, 0.15) is 17.1 Å². The van der Waals surface area contributed by atoms with Gasteiger partial charge in [-0.15, -0.1) is 0 Å². The largest absolute Gasteiger partial charge is 0.465 e. The van der Waals surface area contributed by atoms with E-state index in [9.17, 15) is 14.4 Å². The molecule has 7 nitrogen and oxygen atoms in total. The van der Waals surface area contributed by atoms with E-state index in [0.717, 1.165) is 0 Å². The van der Waals surface area contributed by atoms with Crippen molar-refractivity contribution in [2.75, 3.05) is 14.2 Å². The van der Waals surface area contributed by atoms with E-state index in [4.69, 9.17) is 9.47 Å². The molecule has 3 rings (SSSR count). The zero-order valence-electron chi connectivity index (χ0n) is 14.1. The monoisotopic (exact) mass is 353 g/mol. The molecule has 0 saturated heterocycles. The Morgan fingerprint density at radius 1 is 1.04 bits per heavy atom. The molecule has 0 fully saturated rings. The van der Waals surface area contributed by atoms with Crippen LogP contribution in [0, 0.1) is 0 Å². The Bertz CT molecular complexity index is 1000. The number of nitrogens with one attached hydrogen (secondary N) is 1. The first-order valence-electron chi connectivity index (χ1n) is 7.63. The fourth-order valence-electron chi connectivity index (χ4n) is 2.65. The van der Waals surface area contributed by atoms with Crippen molar-refractivity contribution in [1.29, 1.82) is 0 Å². The second-order valence-corrected chi connectivity index (χ2v) is 5.34. The van der Waals surface area contributed by atoms with Crippen molar-refractivity contribution in [3.63, 3.8) is 0 Å². The summed E-state index contributed by atoms with van der Waals surface area (Å²) in [5.41, 5.74) is 1.34. The highest BCUT2D eigenvalue weighted by atomic mass is 16.5. The number of carbonyl (C=O) groups is 3. The molecule has 0 saturated carbocycles. The van der Waals surface area contributed by atoms with Crippen LogP contribution in [0.1, 0.15) is 31.1 Å². The van der Waals surface area contributed by atoms with E-state index in [1.807, 2.05) is 0 Å². The van der Waals surface area contributed by atoms with Crippen molar-refractivity contribution in [1.82, 2.24) is 4.98 Å². The molecule has 1 heterocycles. The van der Waals surface area contributed by atoms with Crippen LogP contribution in [0.2, 0.25) is 0 Å². The van der Waals surface area contributed by atoms with E-state index in [1.54, 1.807) is 30.3 Å². The second-order valence-electron chi connectivity index (χ2n) is 5.34. The molecule has 0 aliphatic carbocycles. The van der Waals surface area contributed by atoms with Crippen LogP contribution in [0.25, 0.3) is 10.9 Å². The number of aldehydes is 1. The molecule has 0 atom stereocenters. The maximum atomic E-state index is 12.3. The number of aromatic nitrogens is 1. The summed E-state index contributed by atoms with van der Waals surface area (Å²) < 4.78 is 15.3. The molecule has 2 aromatic carbocycles. The van der Waals surface area contributed by atoms with Gasteiger partial charge in [0.25, 0.3) is 0 Å². The number of benzene rings is 2. The summed E-state index contributed by atoms with van der Waals surface area (Å²) in [7, 11) is 2.53. The lowest BCUT2D eigenvalue weighted by Gasteiger charge is -2.12. The van der Waals surface area contributed by atoms with Crippen molar-refractivity contribution >= 4 is 29.1 Å². The van der Waals surface area contributed by atoms with Crippen LogP contribution in [0.5, 0.6) is 11.5 Å². The fraction of sp³-hybridized carbons (Fsp3) is 0.105. The number of aromatic amines is 1. The molecule has 1 N–H and O–H groups in total. The Kier molecular flexibility index (Phi) is 4.70. The summed E-state index contributed by atoms with van der Waals surface area (Å²) in [6, 6.07) is 9.62. The Morgan fingerprint density at radius 2 is 1.81 bits per heavy atom. The fourth-order valence-corrected chi connectivity index (χ4v) is 2.65. The summed E-state index contributed by atoms with van der Waals surface area (Å²) >= 11 is 0. The lowest BCUT2D eigenvalue weighted by atomic mass is 10.1. The first-order valence-corrected chi connectivity index (χ1v) is 7.63. The van der Waals surface area contributed by atoms with Crippen molar-refractivity contribution in [2.45, 2.75) is 0 Å². The van der Waals surface area contributed by atoms with Gasteiger partial charge in [-0.25, -0.2) is 9.59 Å². The molecule has 1 aromatic heterocycles. The predicted molar refractivity (Wildman–Crippen MR) is 92.9 cm³/mol. The van der Waals surface area contributed by atoms with Crippen LogP contribution in [0.3, 0.4) is 0 Å².